The minimum absolute atomic E-state index is 0.125. The van der Waals surface area contributed by atoms with Gasteiger partial charge < -0.3 is 5.32 Å². The lowest BCUT2D eigenvalue weighted by atomic mass is 10.1. The molecule has 0 bridgehead atoms. The van der Waals surface area contributed by atoms with Crippen LogP contribution in [-0.4, -0.2) is 5.91 Å². The Bertz CT molecular complexity index is 382. The first kappa shape index (κ1) is 14.2. The van der Waals surface area contributed by atoms with Crippen LogP contribution in [0.5, 0.6) is 0 Å². The Balaban J connectivity index is 2.51. The lowest BCUT2D eigenvalue weighted by Gasteiger charge is -2.14. The highest BCUT2D eigenvalue weighted by Gasteiger charge is 2.13. The maximum Gasteiger partial charge on any atom is 0.220 e. The van der Waals surface area contributed by atoms with Gasteiger partial charge in [-0.2, -0.15) is 0 Å². The molecule has 1 aromatic heterocycles. The zero-order valence-electron chi connectivity index (χ0n) is 11.5. The molecule has 0 aliphatic rings. The molecule has 0 aliphatic heterocycles. The minimum Gasteiger partial charge on any atom is -0.350 e. The summed E-state index contributed by atoms with van der Waals surface area (Å²) in [5, 5.41) is 3.07. The second-order valence-corrected chi connectivity index (χ2v) is 6.55. The van der Waals surface area contributed by atoms with Crippen molar-refractivity contribution in [2.24, 2.45) is 5.92 Å². The molecule has 2 nitrogen and oxygen atoms in total. The van der Waals surface area contributed by atoms with E-state index >= 15 is 0 Å². The van der Waals surface area contributed by atoms with E-state index in [4.69, 9.17) is 0 Å². The van der Waals surface area contributed by atoms with Crippen molar-refractivity contribution in [1.82, 2.24) is 5.32 Å². The van der Waals surface area contributed by atoms with Gasteiger partial charge in [-0.3, -0.25) is 4.79 Å². The van der Waals surface area contributed by atoms with Crippen LogP contribution in [0.25, 0.3) is 0 Å². The Labute approximate surface area is 108 Å². The average Bonchev–Trinajstić information content (AvgIpc) is 2.55. The molecule has 0 spiro atoms. The van der Waals surface area contributed by atoms with Gasteiger partial charge in [0.1, 0.15) is 0 Å². The van der Waals surface area contributed by atoms with Gasteiger partial charge in [0.2, 0.25) is 5.91 Å². The quantitative estimate of drug-likeness (QED) is 0.845. The van der Waals surface area contributed by atoms with E-state index in [1.807, 2.05) is 0 Å². The van der Waals surface area contributed by atoms with Crippen LogP contribution in [0.3, 0.4) is 0 Å². The number of thiophene rings is 1. The molecule has 1 N–H and O–H groups in total. The lowest BCUT2D eigenvalue weighted by Crippen LogP contribution is -2.26. The molecule has 1 atom stereocenters. The molecule has 0 saturated carbocycles. The van der Waals surface area contributed by atoms with Gasteiger partial charge in [0, 0.05) is 16.2 Å². The Morgan fingerprint density at radius 1 is 1.35 bits per heavy atom. The molecule has 1 unspecified atom stereocenters. The van der Waals surface area contributed by atoms with Crippen molar-refractivity contribution in [3.05, 3.63) is 21.4 Å². The zero-order chi connectivity index (χ0) is 13.0. The number of rotatable bonds is 5. The molecule has 0 fully saturated rings. The highest BCUT2D eigenvalue weighted by Crippen LogP contribution is 2.26. The number of nitrogens with one attached hydrogen (secondary N) is 1. The van der Waals surface area contributed by atoms with Gasteiger partial charge in [0.15, 0.2) is 0 Å². The number of hydrogen-bond acceptors (Lipinski definition) is 2. The van der Waals surface area contributed by atoms with E-state index in [2.05, 4.69) is 46.0 Å². The fraction of sp³-hybridized carbons (Fsp3) is 0.643. The maximum atomic E-state index is 11.7. The standard InChI is InChI=1S/C14H23NOS/c1-9(2)6-7-14(16)15-11(4)13-8-10(3)17-12(13)5/h8-9,11H,6-7H2,1-5H3,(H,15,16). The average molecular weight is 253 g/mol. The van der Waals surface area contributed by atoms with Gasteiger partial charge in [-0.25, -0.2) is 0 Å². The Morgan fingerprint density at radius 3 is 2.47 bits per heavy atom. The van der Waals surface area contributed by atoms with Crippen molar-refractivity contribution >= 4 is 17.2 Å². The van der Waals surface area contributed by atoms with E-state index < -0.39 is 0 Å². The largest absolute Gasteiger partial charge is 0.350 e. The molecule has 1 amide bonds. The van der Waals surface area contributed by atoms with Gasteiger partial charge in [-0.05, 0) is 44.7 Å². The van der Waals surface area contributed by atoms with Crippen LogP contribution < -0.4 is 5.32 Å². The summed E-state index contributed by atoms with van der Waals surface area (Å²) in [5.74, 6) is 0.746. The monoisotopic (exact) mass is 253 g/mol. The molecule has 1 aromatic rings. The molecule has 3 heteroatoms. The normalized spacial score (nSPS) is 12.8. The second kappa shape index (κ2) is 6.20. The van der Waals surface area contributed by atoms with E-state index in [-0.39, 0.29) is 11.9 Å². The number of aryl methyl sites for hydroxylation is 2. The highest BCUT2D eigenvalue weighted by atomic mass is 32.1. The van der Waals surface area contributed by atoms with Crippen LogP contribution in [-0.2, 0) is 4.79 Å². The van der Waals surface area contributed by atoms with E-state index in [1.165, 1.54) is 15.3 Å². The SMILES string of the molecule is Cc1cc(C(C)NC(=O)CCC(C)C)c(C)s1. The van der Waals surface area contributed by atoms with Crippen LogP contribution in [0.1, 0.15) is 55.0 Å². The van der Waals surface area contributed by atoms with Crippen LogP contribution in [0.2, 0.25) is 0 Å². The predicted octanol–water partition coefficient (Wildman–Crippen LogP) is 3.98. The number of hydrogen-bond donors (Lipinski definition) is 1. The summed E-state index contributed by atoms with van der Waals surface area (Å²) in [7, 11) is 0. The molecule has 0 aliphatic carbocycles. The molecular weight excluding hydrogens is 230 g/mol. The third-order valence-electron chi connectivity index (χ3n) is 2.87. The summed E-state index contributed by atoms with van der Waals surface area (Å²) in [4.78, 5) is 14.4. The molecule has 0 radical (unpaired) electrons. The fourth-order valence-electron chi connectivity index (χ4n) is 1.89. The van der Waals surface area contributed by atoms with E-state index in [9.17, 15) is 4.79 Å². The van der Waals surface area contributed by atoms with Gasteiger partial charge in [-0.1, -0.05) is 13.8 Å². The minimum atomic E-state index is 0.125. The summed E-state index contributed by atoms with van der Waals surface area (Å²) in [6.07, 6.45) is 1.59. The molecule has 0 aromatic carbocycles. The Hall–Kier alpha value is -0.830. The Morgan fingerprint density at radius 2 is 2.00 bits per heavy atom. The van der Waals surface area contributed by atoms with Crippen molar-refractivity contribution in [3.63, 3.8) is 0 Å². The first-order valence-corrected chi connectivity index (χ1v) is 7.08. The number of carbonyl (C=O) groups excluding carboxylic acids is 1. The van der Waals surface area contributed by atoms with Crippen molar-refractivity contribution in [1.29, 1.82) is 0 Å². The topological polar surface area (TPSA) is 29.1 Å². The van der Waals surface area contributed by atoms with Crippen molar-refractivity contribution < 1.29 is 4.79 Å². The number of amides is 1. The van der Waals surface area contributed by atoms with Crippen molar-refractivity contribution in [2.75, 3.05) is 0 Å². The van der Waals surface area contributed by atoms with Gasteiger partial charge in [0.05, 0.1) is 6.04 Å². The zero-order valence-corrected chi connectivity index (χ0v) is 12.3. The smallest absolute Gasteiger partial charge is 0.220 e. The molecular formula is C14H23NOS. The Kier molecular flexibility index (Phi) is 5.19. The third-order valence-corrected chi connectivity index (χ3v) is 3.85. The first-order valence-electron chi connectivity index (χ1n) is 6.26. The molecule has 1 heterocycles. The predicted molar refractivity (Wildman–Crippen MR) is 74.4 cm³/mol. The van der Waals surface area contributed by atoms with Gasteiger partial charge in [-0.15, -0.1) is 11.3 Å². The summed E-state index contributed by atoms with van der Waals surface area (Å²) >= 11 is 1.79. The summed E-state index contributed by atoms with van der Waals surface area (Å²) in [5.41, 5.74) is 1.25. The van der Waals surface area contributed by atoms with Crippen LogP contribution in [0.4, 0.5) is 0 Å². The summed E-state index contributed by atoms with van der Waals surface area (Å²) in [6.45, 7) is 10.6. The molecule has 17 heavy (non-hydrogen) atoms. The van der Waals surface area contributed by atoms with Crippen molar-refractivity contribution in [3.8, 4) is 0 Å². The van der Waals surface area contributed by atoms with E-state index in [0.29, 0.717) is 12.3 Å². The van der Waals surface area contributed by atoms with E-state index in [0.717, 1.165) is 6.42 Å². The van der Waals surface area contributed by atoms with Gasteiger partial charge >= 0.3 is 0 Å². The molecule has 0 saturated heterocycles. The van der Waals surface area contributed by atoms with E-state index in [1.54, 1.807) is 11.3 Å². The van der Waals surface area contributed by atoms with Crippen molar-refractivity contribution in [2.45, 2.75) is 53.5 Å². The van der Waals surface area contributed by atoms with Crippen LogP contribution in [0, 0.1) is 19.8 Å². The first-order chi connectivity index (χ1) is 7.90. The molecule has 1 rings (SSSR count). The summed E-state index contributed by atoms with van der Waals surface area (Å²) < 4.78 is 0. The second-order valence-electron chi connectivity index (χ2n) is 5.09. The highest BCUT2D eigenvalue weighted by molar-refractivity contribution is 7.12. The third kappa shape index (κ3) is 4.50. The van der Waals surface area contributed by atoms with Gasteiger partial charge in [0.25, 0.3) is 0 Å². The number of carbonyl (C=O) groups is 1. The van der Waals surface area contributed by atoms with Crippen LogP contribution >= 0.6 is 11.3 Å². The summed E-state index contributed by atoms with van der Waals surface area (Å²) in [6, 6.07) is 2.30. The maximum absolute atomic E-state index is 11.7. The lowest BCUT2D eigenvalue weighted by molar-refractivity contribution is -0.122. The van der Waals surface area contributed by atoms with Crippen LogP contribution in [0.15, 0.2) is 6.07 Å². The fourth-order valence-corrected chi connectivity index (χ4v) is 2.91. The molecule has 96 valence electrons.